The Morgan fingerprint density at radius 1 is 1.31 bits per heavy atom. The number of hydrogen-bond acceptors (Lipinski definition) is 1. The molecule has 0 amide bonds. The van der Waals surface area contributed by atoms with E-state index < -0.39 is 0 Å². The summed E-state index contributed by atoms with van der Waals surface area (Å²) in [6.07, 6.45) is 4.30. The van der Waals surface area contributed by atoms with Gasteiger partial charge in [-0.3, -0.25) is 0 Å². The Hall–Kier alpha value is -1.08. The van der Waals surface area contributed by atoms with Crippen molar-refractivity contribution < 1.29 is 0 Å². The summed E-state index contributed by atoms with van der Waals surface area (Å²) in [7, 11) is 0. The summed E-state index contributed by atoms with van der Waals surface area (Å²) in [5.74, 6) is 0. The molecule has 0 fully saturated rings. The van der Waals surface area contributed by atoms with Crippen molar-refractivity contribution in [3.63, 3.8) is 0 Å². The molecule has 0 spiro atoms. The van der Waals surface area contributed by atoms with E-state index in [9.17, 15) is 0 Å². The van der Waals surface area contributed by atoms with E-state index >= 15 is 0 Å². The van der Waals surface area contributed by atoms with Crippen molar-refractivity contribution in [3.8, 4) is 0 Å². The fraction of sp³-hybridized carbons (Fsp3) is 0.333. The van der Waals surface area contributed by atoms with Crippen LogP contribution in [-0.2, 0) is 0 Å². The molecular formula is C12H17N. The van der Waals surface area contributed by atoms with E-state index in [0.717, 1.165) is 19.4 Å². The van der Waals surface area contributed by atoms with Gasteiger partial charge in [0.25, 0.3) is 0 Å². The van der Waals surface area contributed by atoms with Gasteiger partial charge in [-0.15, -0.1) is 0 Å². The second-order valence-electron chi connectivity index (χ2n) is 3.04. The quantitative estimate of drug-likeness (QED) is 0.748. The van der Waals surface area contributed by atoms with Gasteiger partial charge in [-0.05, 0) is 30.5 Å². The zero-order chi connectivity index (χ0) is 9.52. The van der Waals surface area contributed by atoms with Crippen molar-refractivity contribution in [3.05, 3.63) is 42.0 Å². The summed E-state index contributed by atoms with van der Waals surface area (Å²) < 4.78 is 0. The third kappa shape index (κ3) is 3.03. The molecular weight excluding hydrogens is 158 g/mol. The molecule has 0 aliphatic heterocycles. The minimum atomic E-state index is 0.723. The fourth-order valence-electron chi connectivity index (χ4n) is 1.42. The largest absolute Gasteiger partial charge is 0.330 e. The average molecular weight is 175 g/mol. The van der Waals surface area contributed by atoms with Crippen LogP contribution >= 0.6 is 0 Å². The maximum Gasteiger partial charge on any atom is -0.00366 e. The Labute approximate surface area is 80.3 Å². The summed E-state index contributed by atoms with van der Waals surface area (Å²) in [6, 6.07) is 10.4. The molecule has 1 rings (SSSR count). The van der Waals surface area contributed by atoms with E-state index in [1.807, 2.05) is 6.07 Å². The predicted octanol–water partition coefficient (Wildman–Crippen LogP) is 2.83. The molecule has 0 saturated heterocycles. The second-order valence-corrected chi connectivity index (χ2v) is 3.04. The highest BCUT2D eigenvalue weighted by Crippen LogP contribution is 2.17. The number of nitrogens with two attached hydrogens (primary N) is 1. The molecule has 2 N–H and O–H groups in total. The number of allylic oxidation sites excluding steroid dienone is 1. The molecule has 0 bridgehead atoms. The molecule has 0 unspecified atom stereocenters. The summed E-state index contributed by atoms with van der Waals surface area (Å²) in [4.78, 5) is 0. The van der Waals surface area contributed by atoms with Crippen LogP contribution in [0.1, 0.15) is 25.3 Å². The van der Waals surface area contributed by atoms with Gasteiger partial charge in [-0.2, -0.15) is 0 Å². The number of rotatable bonds is 4. The Bertz CT molecular complexity index is 262. The zero-order valence-corrected chi connectivity index (χ0v) is 8.16. The maximum absolute atomic E-state index is 5.56. The normalized spacial score (nSPS) is 11.7. The van der Waals surface area contributed by atoms with Crippen LogP contribution in [0.3, 0.4) is 0 Å². The van der Waals surface area contributed by atoms with Crippen LogP contribution in [0.5, 0.6) is 0 Å². The third-order valence-electron chi connectivity index (χ3n) is 2.01. The van der Waals surface area contributed by atoms with Crippen molar-refractivity contribution >= 4 is 5.57 Å². The van der Waals surface area contributed by atoms with Crippen molar-refractivity contribution in [1.82, 2.24) is 0 Å². The van der Waals surface area contributed by atoms with E-state index in [0.29, 0.717) is 0 Å². The van der Waals surface area contributed by atoms with Crippen LogP contribution in [0.4, 0.5) is 0 Å². The highest BCUT2D eigenvalue weighted by atomic mass is 14.5. The monoisotopic (exact) mass is 175 g/mol. The highest BCUT2D eigenvalue weighted by molar-refractivity contribution is 5.65. The molecule has 0 aliphatic rings. The molecule has 13 heavy (non-hydrogen) atoms. The lowest BCUT2D eigenvalue weighted by Gasteiger charge is -2.05. The Kier molecular flexibility index (Phi) is 4.27. The van der Waals surface area contributed by atoms with Crippen molar-refractivity contribution in [2.75, 3.05) is 6.54 Å². The first-order valence-electron chi connectivity index (χ1n) is 4.83. The van der Waals surface area contributed by atoms with Crippen molar-refractivity contribution in [2.45, 2.75) is 19.8 Å². The smallest absolute Gasteiger partial charge is 0.00366 e. The van der Waals surface area contributed by atoms with Gasteiger partial charge in [0.05, 0.1) is 0 Å². The molecule has 0 saturated carbocycles. The molecule has 1 aromatic carbocycles. The molecule has 1 aromatic rings. The number of benzene rings is 1. The lowest BCUT2D eigenvalue weighted by molar-refractivity contribution is 1.01. The van der Waals surface area contributed by atoms with Crippen molar-refractivity contribution in [1.29, 1.82) is 0 Å². The van der Waals surface area contributed by atoms with E-state index in [4.69, 9.17) is 5.73 Å². The first-order valence-corrected chi connectivity index (χ1v) is 4.83. The molecule has 1 nitrogen and oxygen atoms in total. The topological polar surface area (TPSA) is 26.0 Å². The minimum absolute atomic E-state index is 0.723. The van der Waals surface area contributed by atoms with Crippen molar-refractivity contribution in [2.24, 2.45) is 5.73 Å². The third-order valence-corrected chi connectivity index (χ3v) is 2.01. The van der Waals surface area contributed by atoms with E-state index in [1.54, 1.807) is 0 Å². The Balaban J connectivity index is 2.83. The maximum atomic E-state index is 5.56. The Morgan fingerprint density at radius 3 is 2.54 bits per heavy atom. The summed E-state index contributed by atoms with van der Waals surface area (Å²) in [5, 5.41) is 0. The van der Waals surface area contributed by atoms with Crippen LogP contribution in [0.2, 0.25) is 0 Å². The molecule has 70 valence electrons. The van der Waals surface area contributed by atoms with Gasteiger partial charge in [0, 0.05) is 0 Å². The van der Waals surface area contributed by atoms with E-state index in [2.05, 4.69) is 37.3 Å². The number of hydrogen-bond donors (Lipinski definition) is 1. The average Bonchev–Trinajstić information content (AvgIpc) is 2.19. The molecule has 0 heterocycles. The van der Waals surface area contributed by atoms with Gasteiger partial charge in [0.2, 0.25) is 0 Å². The fourth-order valence-corrected chi connectivity index (χ4v) is 1.42. The minimum Gasteiger partial charge on any atom is -0.330 e. The molecule has 0 atom stereocenters. The SMILES string of the molecule is CC/C=C(/CCN)c1ccccc1. The van der Waals surface area contributed by atoms with Gasteiger partial charge in [-0.25, -0.2) is 0 Å². The molecule has 0 radical (unpaired) electrons. The van der Waals surface area contributed by atoms with Crippen LogP contribution in [0, 0.1) is 0 Å². The van der Waals surface area contributed by atoms with Gasteiger partial charge in [0.1, 0.15) is 0 Å². The molecule has 1 heteroatoms. The van der Waals surface area contributed by atoms with Crippen LogP contribution in [0.15, 0.2) is 36.4 Å². The standard InChI is InChI=1S/C12H17N/c1-2-6-11(9-10-13)12-7-4-3-5-8-12/h3-8H,2,9-10,13H2,1H3/b11-6-. The molecule has 0 aromatic heterocycles. The summed E-state index contributed by atoms with van der Waals surface area (Å²) in [6.45, 7) is 2.88. The van der Waals surface area contributed by atoms with Gasteiger partial charge < -0.3 is 5.73 Å². The van der Waals surface area contributed by atoms with Crippen LogP contribution in [-0.4, -0.2) is 6.54 Å². The zero-order valence-electron chi connectivity index (χ0n) is 8.16. The van der Waals surface area contributed by atoms with E-state index in [-0.39, 0.29) is 0 Å². The van der Waals surface area contributed by atoms with Crippen LogP contribution in [0.25, 0.3) is 5.57 Å². The summed E-state index contributed by atoms with van der Waals surface area (Å²) in [5.41, 5.74) is 8.22. The van der Waals surface area contributed by atoms with Gasteiger partial charge >= 0.3 is 0 Å². The molecule has 0 aliphatic carbocycles. The van der Waals surface area contributed by atoms with E-state index in [1.165, 1.54) is 11.1 Å². The van der Waals surface area contributed by atoms with Gasteiger partial charge in [0.15, 0.2) is 0 Å². The highest BCUT2D eigenvalue weighted by Gasteiger charge is 1.97. The Morgan fingerprint density at radius 2 is 2.00 bits per heavy atom. The first kappa shape index (κ1) is 10.0. The predicted molar refractivity (Wildman–Crippen MR) is 58.4 cm³/mol. The van der Waals surface area contributed by atoms with Gasteiger partial charge in [-0.1, -0.05) is 43.3 Å². The first-order chi connectivity index (χ1) is 6.38. The summed E-state index contributed by atoms with van der Waals surface area (Å²) >= 11 is 0. The second kappa shape index (κ2) is 5.55. The lowest BCUT2D eigenvalue weighted by Crippen LogP contribution is -1.99. The van der Waals surface area contributed by atoms with Crippen LogP contribution < -0.4 is 5.73 Å². The lowest BCUT2D eigenvalue weighted by atomic mass is 10.0.